The highest BCUT2D eigenvalue weighted by Crippen LogP contribution is 2.23. The van der Waals surface area contributed by atoms with Gasteiger partial charge in [0.1, 0.15) is 5.56 Å². The number of aromatic carboxylic acids is 1. The van der Waals surface area contributed by atoms with Crippen molar-refractivity contribution in [2.24, 2.45) is 0 Å². The lowest BCUT2D eigenvalue weighted by Gasteiger charge is -2.08. The number of hydrogen-bond acceptors (Lipinski definition) is 6. The second-order valence-electron chi connectivity index (χ2n) is 3.99. The molecule has 0 aliphatic rings. The largest absolute Gasteiger partial charge is 0.477 e. The molecule has 0 spiro atoms. The predicted molar refractivity (Wildman–Crippen MR) is 73.4 cm³/mol. The molecule has 0 bridgehead atoms. The second kappa shape index (κ2) is 7.80. The Balaban J connectivity index is 2.68. The lowest BCUT2D eigenvalue weighted by molar-refractivity contribution is -0.385. The summed E-state index contributed by atoms with van der Waals surface area (Å²) in [6, 6.07) is 3.55. The van der Waals surface area contributed by atoms with Gasteiger partial charge in [-0.25, -0.2) is 4.79 Å². The molecule has 1 rings (SSSR count). The summed E-state index contributed by atoms with van der Waals surface area (Å²) in [4.78, 5) is 32.3. The Morgan fingerprint density at radius 3 is 2.71 bits per heavy atom. The Hall–Kier alpha value is -2.68. The molecule has 0 radical (unpaired) electrons. The Morgan fingerprint density at radius 1 is 1.43 bits per heavy atom. The van der Waals surface area contributed by atoms with Gasteiger partial charge < -0.3 is 20.5 Å². The van der Waals surface area contributed by atoms with Crippen molar-refractivity contribution < 1.29 is 24.4 Å². The van der Waals surface area contributed by atoms with Gasteiger partial charge in [-0.05, 0) is 12.1 Å². The summed E-state index contributed by atoms with van der Waals surface area (Å²) in [6.07, 6.45) is 0. The van der Waals surface area contributed by atoms with Crippen LogP contribution in [0.4, 0.5) is 11.4 Å². The van der Waals surface area contributed by atoms with Gasteiger partial charge in [0, 0.05) is 25.4 Å². The van der Waals surface area contributed by atoms with Crippen LogP contribution in [0.2, 0.25) is 0 Å². The smallest absolute Gasteiger partial charge is 0.342 e. The topological polar surface area (TPSA) is 131 Å². The molecule has 1 aromatic rings. The molecule has 0 atom stereocenters. The van der Waals surface area contributed by atoms with Crippen molar-refractivity contribution in [2.75, 3.05) is 32.1 Å². The zero-order valence-corrected chi connectivity index (χ0v) is 11.3. The molecule has 0 fully saturated rings. The molecule has 0 unspecified atom stereocenters. The fraction of sp³-hybridized carbons (Fsp3) is 0.333. The minimum Gasteiger partial charge on any atom is -0.477 e. The molecule has 1 aromatic carbocycles. The van der Waals surface area contributed by atoms with E-state index in [1.807, 2.05) is 0 Å². The van der Waals surface area contributed by atoms with E-state index in [4.69, 9.17) is 9.84 Å². The standard InChI is InChI=1S/C12H15N3O6/c1-21-5-4-13-11(16)7-14-8-2-3-9(12(17)18)10(6-8)15(19)20/h2-3,6,14H,4-5,7H2,1H3,(H,13,16)(H,17,18). The van der Waals surface area contributed by atoms with E-state index in [1.165, 1.54) is 13.2 Å². The van der Waals surface area contributed by atoms with E-state index in [2.05, 4.69) is 10.6 Å². The quantitative estimate of drug-likeness (QED) is 0.361. The first-order valence-corrected chi connectivity index (χ1v) is 5.97. The lowest BCUT2D eigenvalue weighted by atomic mass is 10.1. The highest BCUT2D eigenvalue weighted by Gasteiger charge is 2.20. The van der Waals surface area contributed by atoms with E-state index in [-0.39, 0.29) is 18.1 Å². The third kappa shape index (κ3) is 5.07. The van der Waals surface area contributed by atoms with Gasteiger partial charge in [-0.2, -0.15) is 0 Å². The number of hydrogen-bond donors (Lipinski definition) is 3. The number of carboxylic acid groups (broad SMARTS) is 1. The van der Waals surface area contributed by atoms with Crippen LogP contribution in [0.25, 0.3) is 0 Å². The van der Waals surface area contributed by atoms with Crippen molar-refractivity contribution in [3.63, 3.8) is 0 Å². The molecule has 114 valence electrons. The number of anilines is 1. The van der Waals surface area contributed by atoms with Crippen molar-refractivity contribution in [3.05, 3.63) is 33.9 Å². The minimum atomic E-state index is -1.38. The van der Waals surface area contributed by atoms with Crippen molar-refractivity contribution in [1.82, 2.24) is 5.32 Å². The molecule has 1 amide bonds. The van der Waals surface area contributed by atoms with Gasteiger partial charge in [0.2, 0.25) is 5.91 Å². The molecule has 3 N–H and O–H groups in total. The number of nitro benzene ring substituents is 1. The summed E-state index contributed by atoms with van der Waals surface area (Å²) in [5, 5.41) is 24.9. The highest BCUT2D eigenvalue weighted by atomic mass is 16.6. The van der Waals surface area contributed by atoms with Crippen LogP contribution < -0.4 is 10.6 Å². The first kappa shape index (κ1) is 16.4. The fourth-order valence-corrected chi connectivity index (χ4v) is 1.51. The molecule has 21 heavy (non-hydrogen) atoms. The van der Waals surface area contributed by atoms with Gasteiger partial charge in [0.05, 0.1) is 18.1 Å². The molecule has 0 heterocycles. The Bertz CT molecular complexity index is 546. The third-order valence-corrected chi connectivity index (χ3v) is 2.51. The van der Waals surface area contributed by atoms with E-state index in [9.17, 15) is 19.7 Å². The highest BCUT2D eigenvalue weighted by molar-refractivity contribution is 5.93. The second-order valence-corrected chi connectivity index (χ2v) is 3.99. The number of nitrogens with zero attached hydrogens (tertiary/aromatic N) is 1. The number of methoxy groups -OCH3 is 1. The maximum Gasteiger partial charge on any atom is 0.342 e. The third-order valence-electron chi connectivity index (χ3n) is 2.51. The maximum absolute atomic E-state index is 11.4. The molecule has 0 aliphatic carbocycles. The SMILES string of the molecule is COCCNC(=O)CNc1ccc(C(=O)O)c([N+](=O)[O-])c1. The van der Waals surface area contributed by atoms with Crippen LogP contribution in [0.5, 0.6) is 0 Å². The van der Waals surface area contributed by atoms with Crippen LogP contribution >= 0.6 is 0 Å². The Kier molecular flexibility index (Phi) is 6.08. The molecular formula is C12H15N3O6. The first-order chi connectivity index (χ1) is 9.95. The van der Waals surface area contributed by atoms with Crippen LogP contribution in [0.3, 0.4) is 0 Å². The Morgan fingerprint density at radius 2 is 2.14 bits per heavy atom. The normalized spacial score (nSPS) is 9.95. The summed E-state index contributed by atoms with van der Waals surface area (Å²) >= 11 is 0. The summed E-state index contributed by atoms with van der Waals surface area (Å²) in [7, 11) is 1.51. The van der Waals surface area contributed by atoms with Crippen LogP contribution in [-0.4, -0.2) is 48.7 Å². The van der Waals surface area contributed by atoms with Crippen LogP contribution in [-0.2, 0) is 9.53 Å². The van der Waals surface area contributed by atoms with Crippen LogP contribution in [0, 0.1) is 10.1 Å². The number of carbonyl (C=O) groups is 2. The van der Waals surface area contributed by atoms with Crippen molar-refractivity contribution >= 4 is 23.3 Å². The van der Waals surface area contributed by atoms with E-state index in [1.54, 1.807) is 0 Å². The van der Waals surface area contributed by atoms with E-state index < -0.39 is 22.1 Å². The monoisotopic (exact) mass is 297 g/mol. The summed E-state index contributed by atoms with van der Waals surface area (Å²) in [5.74, 6) is -1.69. The molecule has 0 saturated heterocycles. The van der Waals surface area contributed by atoms with Gasteiger partial charge in [-0.1, -0.05) is 0 Å². The average Bonchev–Trinajstić information content (AvgIpc) is 2.44. The van der Waals surface area contributed by atoms with E-state index in [0.717, 1.165) is 12.1 Å². The number of nitro groups is 1. The zero-order valence-electron chi connectivity index (χ0n) is 11.3. The van der Waals surface area contributed by atoms with Gasteiger partial charge in [-0.15, -0.1) is 0 Å². The molecular weight excluding hydrogens is 282 g/mol. The Labute approximate surface area is 120 Å². The summed E-state index contributed by atoms with van der Waals surface area (Å²) in [6.45, 7) is 0.646. The number of amides is 1. The van der Waals surface area contributed by atoms with Crippen molar-refractivity contribution in [3.8, 4) is 0 Å². The van der Waals surface area contributed by atoms with E-state index in [0.29, 0.717) is 13.2 Å². The first-order valence-electron chi connectivity index (χ1n) is 5.97. The van der Waals surface area contributed by atoms with Gasteiger partial charge in [0.15, 0.2) is 0 Å². The average molecular weight is 297 g/mol. The van der Waals surface area contributed by atoms with Crippen LogP contribution in [0.1, 0.15) is 10.4 Å². The van der Waals surface area contributed by atoms with Gasteiger partial charge in [0.25, 0.3) is 5.69 Å². The maximum atomic E-state index is 11.4. The molecule has 0 aromatic heterocycles. The molecule has 9 nitrogen and oxygen atoms in total. The summed E-state index contributed by atoms with van der Waals surface area (Å²) < 4.78 is 4.77. The van der Waals surface area contributed by atoms with Gasteiger partial charge >= 0.3 is 5.97 Å². The van der Waals surface area contributed by atoms with Gasteiger partial charge in [-0.3, -0.25) is 14.9 Å². The lowest BCUT2D eigenvalue weighted by Crippen LogP contribution is -2.32. The zero-order chi connectivity index (χ0) is 15.8. The van der Waals surface area contributed by atoms with Crippen molar-refractivity contribution in [2.45, 2.75) is 0 Å². The number of carboxylic acids is 1. The number of carbonyl (C=O) groups excluding carboxylic acids is 1. The number of benzene rings is 1. The molecule has 9 heteroatoms. The minimum absolute atomic E-state index is 0.0900. The number of ether oxygens (including phenoxy) is 1. The summed E-state index contributed by atoms with van der Waals surface area (Å²) in [5.41, 5.74) is -0.657. The van der Waals surface area contributed by atoms with Crippen molar-refractivity contribution in [1.29, 1.82) is 0 Å². The number of rotatable bonds is 8. The van der Waals surface area contributed by atoms with Crippen LogP contribution in [0.15, 0.2) is 18.2 Å². The predicted octanol–water partition coefficient (Wildman–Crippen LogP) is 0.468. The number of nitrogens with one attached hydrogen (secondary N) is 2. The molecule has 0 saturated carbocycles. The van der Waals surface area contributed by atoms with E-state index >= 15 is 0 Å². The fourth-order valence-electron chi connectivity index (χ4n) is 1.51. The molecule has 0 aliphatic heterocycles.